The first-order valence-corrected chi connectivity index (χ1v) is 11.8. The van der Waals surface area contributed by atoms with Gasteiger partial charge in [0.15, 0.2) is 15.8 Å². The maximum Gasteiger partial charge on any atom is 0.191 e. The summed E-state index contributed by atoms with van der Waals surface area (Å²) < 4.78 is 23.7. The predicted octanol–water partition coefficient (Wildman–Crippen LogP) is 3.30. The Morgan fingerprint density at radius 1 is 1.21 bits per heavy atom. The fourth-order valence-corrected chi connectivity index (χ4v) is 4.19. The lowest BCUT2D eigenvalue weighted by Crippen LogP contribution is -2.49. The van der Waals surface area contributed by atoms with Gasteiger partial charge in [0.1, 0.15) is 0 Å². The molecular weight excluding hydrogens is 523 g/mol. The highest BCUT2D eigenvalue weighted by Gasteiger charge is 2.28. The molecule has 1 aliphatic heterocycles. The number of sulfone groups is 1. The van der Waals surface area contributed by atoms with Crippen molar-refractivity contribution in [3.05, 3.63) is 34.9 Å². The van der Waals surface area contributed by atoms with Crippen LogP contribution in [0.1, 0.15) is 39.2 Å². The second kappa shape index (κ2) is 11.7. The van der Waals surface area contributed by atoms with E-state index in [4.69, 9.17) is 11.6 Å². The Bertz CT molecular complexity index is 756. The lowest BCUT2D eigenvalue weighted by Gasteiger charge is -2.33. The van der Waals surface area contributed by atoms with E-state index >= 15 is 0 Å². The first-order valence-electron chi connectivity index (χ1n) is 9.77. The number of hydrogen-bond donors (Lipinski definition) is 2. The minimum Gasteiger partial charge on any atom is -0.355 e. The van der Waals surface area contributed by atoms with E-state index in [9.17, 15) is 8.42 Å². The minimum atomic E-state index is -3.13. The van der Waals surface area contributed by atoms with Crippen LogP contribution in [-0.4, -0.2) is 62.5 Å². The van der Waals surface area contributed by atoms with Gasteiger partial charge in [-0.1, -0.05) is 23.7 Å². The van der Waals surface area contributed by atoms with Crippen LogP contribution in [0.3, 0.4) is 0 Å². The van der Waals surface area contributed by atoms with E-state index in [0.717, 1.165) is 37.5 Å². The van der Waals surface area contributed by atoms with Crippen LogP contribution >= 0.6 is 35.6 Å². The molecule has 1 aliphatic rings. The molecule has 2 N–H and O–H groups in total. The third kappa shape index (κ3) is 8.59. The van der Waals surface area contributed by atoms with Crippen molar-refractivity contribution in [2.45, 2.75) is 50.9 Å². The smallest absolute Gasteiger partial charge is 0.191 e. The van der Waals surface area contributed by atoms with E-state index in [-0.39, 0.29) is 29.7 Å². The molecular formula is C20H34ClIN4O2S. The molecule has 1 aromatic carbocycles. The number of halogens is 2. The summed E-state index contributed by atoms with van der Waals surface area (Å²) in [6, 6.07) is 8.35. The molecule has 1 fully saturated rings. The van der Waals surface area contributed by atoms with E-state index < -0.39 is 14.6 Å². The SMILES string of the molecule is CN=C(NCCS(=O)(=O)C(C)(C)C)NC1CCN(Cc2ccc(Cl)cc2)CC1.I. The van der Waals surface area contributed by atoms with Crippen molar-refractivity contribution in [2.75, 3.05) is 32.4 Å². The Morgan fingerprint density at radius 3 is 2.31 bits per heavy atom. The Morgan fingerprint density at radius 2 is 1.79 bits per heavy atom. The molecule has 29 heavy (non-hydrogen) atoms. The minimum absolute atomic E-state index is 0. The lowest BCUT2D eigenvalue weighted by molar-refractivity contribution is 0.198. The van der Waals surface area contributed by atoms with Crippen LogP contribution in [0.25, 0.3) is 0 Å². The molecule has 0 aromatic heterocycles. The summed E-state index contributed by atoms with van der Waals surface area (Å²) in [6.07, 6.45) is 2.04. The predicted molar refractivity (Wildman–Crippen MR) is 133 cm³/mol. The zero-order valence-electron chi connectivity index (χ0n) is 17.7. The Kier molecular flexibility index (Phi) is 10.7. The lowest BCUT2D eigenvalue weighted by atomic mass is 10.0. The molecule has 9 heteroatoms. The van der Waals surface area contributed by atoms with Crippen molar-refractivity contribution >= 4 is 51.4 Å². The molecule has 6 nitrogen and oxygen atoms in total. The molecule has 0 amide bonds. The number of nitrogens with zero attached hydrogens (tertiary/aromatic N) is 2. The molecule has 1 saturated heterocycles. The quantitative estimate of drug-likeness (QED) is 0.320. The number of likely N-dealkylation sites (tertiary alicyclic amines) is 1. The molecule has 1 aromatic rings. The molecule has 0 aliphatic carbocycles. The van der Waals surface area contributed by atoms with Crippen LogP contribution in [-0.2, 0) is 16.4 Å². The zero-order chi connectivity index (χ0) is 20.8. The summed E-state index contributed by atoms with van der Waals surface area (Å²) in [4.78, 5) is 6.67. The number of aliphatic imine (C=N–C) groups is 1. The fourth-order valence-electron chi connectivity index (χ4n) is 3.08. The normalized spacial score (nSPS) is 16.9. The van der Waals surface area contributed by atoms with Crippen molar-refractivity contribution in [1.29, 1.82) is 0 Å². The molecule has 166 valence electrons. The van der Waals surface area contributed by atoms with Gasteiger partial charge in [0.25, 0.3) is 0 Å². The third-order valence-corrected chi connectivity index (χ3v) is 7.93. The van der Waals surface area contributed by atoms with Gasteiger partial charge in [0.05, 0.1) is 10.5 Å². The van der Waals surface area contributed by atoms with Crippen LogP contribution in [0.4, 0.5) is 0 Å². The molecule has 1 heterocycles. The first kappa shape index (κ1) is 26.5. The summed E-state index contributed by atoms with van der Waals surface area (Å²) >= 11 is 5.95. The van der Waals surface area contributed by atoms with Crippen molar-refractivity contribution in [1.82, 2.24) is 15.5 Å². The Balaban J connectivity index is 0.00000420. The molecule has 0 radical (unpaired) electrons. The average Bonchev–Trinajstić information content (AvgIpc) is 2.63. The van der Waals surface area contributed by atoms with Crippen molar-refractivity contribution < 1.29 is 8.42 Å². The highest BCUT2D eigenvalue weighted by molar-refractivity contribution is 14.0. The maximum absolute atomic E-state index is 12.2. The van der Waals surface area contributed by atoms with E-state index in [2.05, 4.69) is 32.7 Å². The number of guanidine groups is 1. The van der Waals surface area contributed by atoms with Crippen LogP contribution in [0.15, 0.2) is 29.3 Å². The third-order valence-electron chi connectivity index (χ3n) is 5.07. The summed E-state index contributed by atoms with van der Waals surface area (Å²) in [5.41, 5.74) is 1.27. The molecule has 0 bridgehead atoms. The van der Waals surface area contributed by atoms with Gasteiger partial charge in [-0.3, -0.25) is 9.89 Å². The average molecular weight is 557 g/mol. The number of nitrogens with one attached hydrogen (secondary N) is 2. The topological polar surface area (TPSA) is 73.8 Å². The number of piperidine rings is 1. The largest absolute Gasteiger partial charge is 0.355 e. The number of benzene rings is 1. The first-order chi connectivity index (χ1) is 13.1. The number of rotatable bonds is 6. The van der Waals surface area contributed by atoms with Crippen LogP contribution in [0.2, 0.25) is 5.02 Å². The second-order valence-electron chi connectivity index (χ2n) is 8.25. The molecule has 0 atom stereocenters. The summed E-state index contributed by atoms with van der Waals surface area (Å²) in [7, 11) is -1.42. The highest BCUT2D eigenvalue weighted by atomic mass is 127. The van der Waals surface area contributed by atoms with E-state index in [1.54, 1.807) is 27.8 Å². The van der Waals surface area contributed by atoms with Crippen LogP contribution in [0.5, 0.6) is 0 Å². The molecule has 0 spiro atoms. The number of hydrogen-bond acceptors (Lipinski definition) is 4. The van der Waals surface area contributed by atoms with Gasteiger partial charge in [-0.2, -0.15) is 0 Å². The fraction of sp³-hybridized carbons (Fsp3) is 0.650. The summed E-state index contributed by atoms with van der Waals surface area (Å²) in [5, 5.41) is 7.32. The summed E-state index contributed by atoms with van der Waals surface area (Å²) in [5.74, 6) is 0.761. The van der Waals surface area contributed by atoms with Crippen molar-refractivity contribution in [3.63, 3.8) is 0 Å². The van der Waals surface area contributed by atoms with Gasteiger partial charge in [0, 0.05) is 44.3 Å². The molecule has 0 unspecified atom stereocenters. The van der Waals surface area contributed by atoms with Gasteiger partial charge < -0.3 is 10.6 Å². The van der Waals surface area contributed by atoms with Gasteiger partial charge in [-0.15, -0.1) is 24.0 Å². The standard InChI is InChI=1S/C20H33ClN4O2S.HI/c1-20(2,3)28(26,27)14-11-23-19(22-4)24-18-9-12-25(13-10-18)15-16-5-7-17(21)8-6-16;/h5-8,18H,9-15H2,1-4H3,(H2,22,23,24);1H. The molecule has 0 saturated carbocycles. The van der Waals surface area contributed by atoms with Gasteiger partial charge >= 0.3 is 0 Å². The molecule has 2 rings (SSSR count). The Labute approximate surface area is 197 Å². The van der Waals surface area contributed by atoms with Gasteiger partial charge in [-0.05, 0) is 51.3 Å². The van der Waals surface area contributed by atoms with Crippen LogP contribution < -0.4 is 10.6 Å². The highest BCUT2D eigenvalue weighted by Crippen LogP contribution is 2.16. The second-order valence-corrected chi connectivity index (χ2v) is 11.6. The van der Waals surface area contributed by atoms with Crippen LogP contribution in [0, 0.1) is 0 Å². The van der Waals surface area contributed by atoms with E-state index in [0.29, 0.717) is 18.5 Å². The zero-order valence-corrected chi connectivity index (χ0v) is 21.6. The van der Waals surface area contributed by atoms with Gasteiger partial charge in [-0.25, -0.2) is 8.42 Å². The van der Waals surface area contributed by atoms with E-state index in [1.807, 2.05) is 12.1 Å². The monoisotopic (exact) mass is 556 g/mol. The Hall–Kier alpha value is -0.580. The summed E-state index contributed by atoms with van der Waals surface area (Å²) in [6.45, 7) is 8.50. The van der Waals surface area contributed by atoms with Gasteiger partial charge in [0.2, 0.25) is 0 Å². The maximum atomic E-state index is 12.2. The van der Waals surface area contributed by atoms with E-state index in [1.165, 1.54) is 5.56 Å². The van der Waals surface area contributed by atoms with Crippen molar-refractivity contribution in [3.8, 4) is 0 Å². The van der Waals surface area contributed by atoms with Crippen molar-refractivity contribution in [2.24, 2.45) is 4.99 Å².